The maximum absolute atomic E-state index is 11.0. The highest BCUT2D eigenvalue weighted by atomic mass is 35.5. The van der Waals surface area contributed by atoms with E-state index in [2.05, 4.69) is 4.98 Å². The Bertz CT molecular complexity index is 824. The molecule has 0 radical (unpaired) electrons. The van der Waals surface area contributed by atoms with Gasteiger partial charge in [0.1, 0.15) is 5.69 Å². The Hall–Kier alpha value is -1.97. The minimum absolute atomic E-state index is 0.160. The number of aromatic carboxylic acids is 1. The minimum Gasteiger partial charge on any atom is -0.477 e. The van der Waals surface area contributed by atoms with Gasteiger partial charge in [0.15, 0.2) is 0 Å². The van der Waals surface area contributed by atoms with Crippen LogP contribution >= 0.6 is 23.2 Å². The monoisotopic (exact) mass is 305 g/mol. The van der Waals surface area contributed by atoms with Gasteiger partial charge in [-0.1, -0.05) is 47.5 Å². The van der Waals surface area contributed by atoms with E-state index in [9.17, 15) is 4.79 Å². The van der Waals surface area contributed by atoms with Gasteiger partial charge in [0.25, 0.3) is 0 Å². The molecule has 3 aromatic rings. The Morgan fingerprint density at radius 3 is 2.55 bits per heavy atom. The summed E-state index contributed by atoms with van der Waals surface area (Å²) in [5.41, 5.74) is 2.69. The van der Waals surface area contributed by atoms with Crippen LogP contribution in [0.25, 0.3) is 22.0 Å². The zero-order valence-electron chi connectivity index (χ0n) is 10.2. The van der Waals surface area contributed by atoms with Gasteiger partial charge in [-0.15, -0.1) is 0 Å². The van der Waals surface area contributed by atoms with E-state index in [1.807, 2.05) is 24.3 Å². The van der Waals surface area contributed by atoms with Crippen molar-refractivity contribution >= 4 is 40.1 Å². The fourth-order valence-electron chi connectivity index (χ4n) is 2.18. The van der Waals surface area contributed by atoms with Crippen LogP contribution in [0.4, 0.5) is 0 Å². The lowest BCUT2D eigenvalue weighted by Gasteiger charge is -2.05. The first kappa shape index (κ1) is 13.0. The average Bonchev–Trinajstić information content (AvgIpc) is 2.86. The molecule has 0 aliphatic carbocycles. The van der Waals surface area contributed by atoms with E-state index in [-0.39, 0.29) is 5.69 Å². The molecule has 0 atom stereocenters. The number of aromatic nitrogens is 1. The van der Waals surface area contributed by atoms with Crippen molar-refractivity contribution in [1.29, 1.82) is 0 Å². The molecule has 0 saturated heterocycles. The summed E-state index contributed by atoms with van der Waals surface area (Å²) in [6.45, 7) is 0. The van der Waals surface area contributed by atoms with Crippen molar-refractivity contribution < 1.29 is 9.90 Å². The van der Waals surface area contributed by atoms with Gasteiger partial charge in [0.2, 0.25) is 0 Å². The molecule has 20 heavy (non-hydrogen) atoms. The summed E-state index contributed by atoms with van der Waals surface area (Å²) in [4.78, 5) is 14.0. The van der Waals surface area contributed by atoms with E-state index in [1.54, 1.807) is 18.2 Å². The van der Waals surface area contributed by atoms with Crippen molar-refractivity contribution in [3.8, 4) is 11.1 Å². The summed E-state index contributed by atoms with van der Waals surface area (Å²) in [5.74, 6) is -0.985. The van der Waals surface area contributed by atoms with E-state index in [0.717, 1.165) is 22.0 Å². The summed E-state index contributed by atoms with van der Waals surface area (Å²) in [6, 6.07) is 12.6. The van der Waals surface area contributed by atoms with Gasteiger partial charge in [-0.05, 0) is 23.8 Å². The lowest BCUT2D eigenvalue weighted by molar-refractivity contribution is 0.0691. The summed E-state index contributed by atoms with van der Waals surface area (Å²) >= 11 is 11.9. The molecule has 1 heterocycles. The first-order chi connectivity index (χ1) is 9.56. The van der Waals surface area contributed by atoms with Crippen LogP contribution in [-0.4, -0.2) is 16.1 Å². The van der Waals surface area contributed by atoms with Gasteiger partial charge >= 0.3 is 5.97 Å². The molecule has 0 aliphatic rings. The molecule has 0 amide bonds. The SMILES string of the molecule is O=C(O)c1cc2cccc(-c3ccc(Cl)c(Cl)c3)c2[nH]1. The van der Waals surface area contributed by atoms with E-state index >= 15 is 0 Å². The topological polar surface area (TPSA) is 53.1 Å². The molecule has 2 N–H and O–H groups in total. The van der Waals surface area contributed by atoms with E-state index in [1.165, 1.54) is 0 Å². The van der Waals surface area contributed by atoms with Gasteiger partial charge in [0.05, 0.1) is 15.6 Å². The Morgan fingerprint density at radius 1 is 1.05 bits per heavy atom. The largest absolute Gasteiger partial charge is 0.477 e. The second-order valence-electron chi connectivity index (χ2n) is 4.39. The van der Waals surface area contributed by atoms with Crippen molar-refractivity contribution in [3.05, 3.63) is 58.2 Å². The Morgan fingerprint density at radius 2 is 1.85 bits per heavy atom. The predicted octanol–water partition coefficient (Wildman–Crippen LogP) is 4.84. The number of carboxylic acid groups (broad SMARTS) is 1. The number of carbonyl (C=O) groups is 1. The molecule has 0 bridgehead atoms. The molecule has 0 spiro atoms. The van der Waals surface area contributed by atoms with Crippen LogP contribution in [-0.2, 0) is 0 Å². The summed E-state index contributed by atoms with van der Waals surface area (Å²) < 4.78 is 0. The molecular formula is C15H9Cl2NO2. The Kier molecular flexibility index (Phi) is 3.16. The predicted molar refractivity (Wildman–Crippen MR) is 80.7 cm³/mol. The molecule has 0 unspecified atom stereocenters. The van der Waals surface area contributed by atoms with Gasteiger partial charge < -0.3 is 10.1 Å². The summed E-state index contributed by atoms with van der Waals surface area (Å²) in [6.07, 6.45) is 0. The minimum atomic E-state index is -0.985. The molecule has 0 fully saturated rings. The molecule has 1 aromatic heterocycles. The fourth-order valence-corrected chi connectivity index (χ4v) is 2.47. The van der Waals surface area contributed by atoms with Crippen LogP contribution in [0.3, 0.4) is 0 Å². The summed E-state index contributed by atoms with van der Waals surface area (Å²) in [7, 11) is 0. The lowest BCUT2D eigenvalue weighted by Crippen LogP contribution is -1.95. The third-order valence-corrected chi connectivity index (χ3v) is 3.86. The molecule has 100 valence electrons. The highest BCUT2D eigenvalue weighted by Gasteiger charge is 2.11. The van der Waals surface area contributed by atoms with E-state index in [4.69, 9.17) is 28.3 Å². The molecule has 0 saturated carbocycles. The highest BCUT2D eigenvalue weighted by molar-refractivity contribution is 6.42. The third-order valence-electron chi connectivity index (χ3n) is 3.12. The van der Waals surface area contributed by atoms with Crippen LogP contribution in [0.15, 0.2) is 42.5 Å². The first-order valence-electron chi connectivity index (χ1n) is 5.87. The number of carboxylic acids is 1. The number of fused-ring (bicyclic) bond motifs is 1. The molecule has 5 heteroatoms. The van der Waals surface area contributed by atoms with Crippen molar-refractivity contribution in [1.82, 2.24) is 4.98 Å². The zero-order valence-corrected chi connectivity index (χ0v) is 11.7. The third kappa shape index (κ3) is 2.15. The number of benzene rings is 2. The first-order valence-corrected chi connectivity index (χ1v) is 6.62. The maximum atomic E-state index is 11.0. The van der Waals surface area contributed by atoms with Gasteiger partial charge in [0, 0.05) is 10.9 Å². The van der Waals surface area contributed by atoms with Crippen molar-refractivity contribution in [2.24, 2.45) is 0 Å². The van der Waals surface area contributed by atoms with Crippen LogP contribution in [0, 0.1) is 0 Å². The van der Waals surface area contributed by atoms with Crippen LogP contribution in [0.1, 0.15) is 10.5 Å². The van der Waals surface area contributed by atoms with Crippen LogP contribution in [0.5, 0.6) is 0 Å². The smallest absolute Gasteiger partial charge is 0.352 e. The molecule has 3 rings (SSSR count). The quantitative estimate of drug-likeness (QED) is 0.711. The number of aromatic amines is 1. The Balaban J connectivity index is 2.24. The van der Waals surface area contributed by atoms with E-state index < -0.39 is 5.97 Å². The average molecular weight is 306 g/mol. The van der Waals surface area contributed by atoms with Crippen LogP contribution < -0.4 is 0 Å². The van der Waals surface area contributed by atoms with Crippen molar-refractivity contribution in [3.63, 3.8) is 0 Å². The number of para-hydroxylation sites is 1. The number of hydrogen-bond acceptors (Lipinski definition) is 1. The number of H-pyrrole nitrogens is 1. The van der Waals surface area contributed by atoms with Gasteiger partial charge in [-0.3, -0.25) is 0 Å². The highest BCUT2D eigenvalue weighted by Crippen LogP contribution is 2.32. The summed E-state index contributed by atoms with van der Waals surface area (Å²) in [5, 5.41) is 10.8. The molecule has 3 nitrogen and oxygen atoms in total. The van der Waals surface area contributed by atoms with Crippen molar-refractivity contribution in [2.45, 2.75) is 0 Å². The fraction of sp³-hybridized carbons (Fsp3) is 0. The standard InChI is InChI=1S/C15H9Cl2NO2/c16-11-5-4-8(6-12(11)17)10-3-1-2-9-7-13(15(19)20)18-14(9)10/h1-7,18H,(H,19,20). The second-order valence-corrected chi connectivity index (χ2v) is 5.20. The van der Waals surface area contributed by atoms with Crippen LogP contribution in [0.2, 0.25) is 10.0 Å². The second kappa shape index (κ2) is 4.85. The lowest BCUT2D eigenvalue weighted by atomic mass is 10.0. The van der Waals surface area contributed by atoms with Gasteiger partial charge in [-0.25, -0.2) is 4.79 Å². The number of halogens is 2. The molecule has 0 aliphatic heterocycles. The zero-order chi connectivity index (χ0) is 14.3. The normalized spacial score (nSPS) is 10.9. The number of hydrogen-bond donors (Lipinski definition) is 2. The molecule has 2 aromatic carbocycles. The maximum Gasteiger partial charge on any atom is 0.352 e. The Labute approximate surface area is 124 Å². The van der Waals surface area contributed by atoms with E-state index in [0.29, 0.717) is 10.0 Å². The number of nitrogens with one attached hydrogen (secondary N) is 1. The van der Waals surface area contributed by atoms with Crippen molar-refractivity contribution in [2.75, 3.05) is 0 Å². The number of rotatable bonds is 2. The molecular weight excluding hydrogens is 297 g/mol. The van der Waals surface area contributed by atoms with Gasteiger partial charge in [-0.2, -0.15) is 0 Å².